The van der Waals surface area contributed by atoms with Crippen molar-refractivity contribution >= 4 is 5.91 Å². The number of amides is 1. The van der Waals surface area contributed by atoms with Crippen molar-refractivity contribution in [1.29, 1.82) is 0 Å². The zero-order chi connectivity index (χ0) is 13.1. The number of rotatable bonds is 3. The molecule has 0 aliphatic heterocycles. The molecule has 0 radical (unpaired) electrons. The molecule has 0 aliphatic carbocycles. The molecule has 1 amide bonds. The Hall–Kier alpha value is -1.51. The number of hydrogen-bond acceptors (Lipinski definition) is 2. The maximum absolute atomic E-state index is 11.8. The molecule has 17 heavy (non-hydrogen) atoms. The third kappa shape index (κ3) is 3.77. The zero-order valence-electron chi connectivity index (χ0n) is 11.2. The van der Waals surface area contributed by atoms with E-state index in [0.717, 1.165) is 11.3 Å². The molecule has 94 valence electrons. The van der Waals surface area contributed by atoms with E-state index in [9.17, 15) is 4.79 Å². The van der Waals surface area contributed by atoms with Gasteiger partial charge in [-0.3, -0.25) is 4.79 Å². The first kappa shape index (κ1) is 13.6. The van der Waals surface area contributed by atoms with Crippen LogP contribution in [0.15, 0.2) is 24.3 Å². The van der Waals surface area contributed by atoms with Crippen LogP contribution in [0.3, 0.4) is 0 Å². The van der Waals surface area contributed by atoms with Crippen LogP contribution in [0.4, 0.5) is 0 Å². The predicted molar refractivity (Wildman–Crippen MR) is 69.0 cm³/mol. The van der Waals surface area contributed by atoms with E-state index >= 15 is 0 Å². The minimum atomic E-state index is -0.360. The summed E-state index contributed by atoms with van der Waals surface area (Å²) in [6, 6.07) is 7.73. The Kier molecular flexibility index (Phi) is 4.16. The largest absolute Gasteiger partial charge is 0.497 e. The van der Waals surface area contributed by atoms with Gasteiger partial charge in [0.05, 0.1) is 13.2 Å². The van der Waals surface area contributed by atoms with E-state index in [4.69, 9.17) is 4.74 Å². The van der Waals surface area contributed by atoms with Crippen LogP contribution in [0.5, 0.6) is 5.75 Å². The van der Waals surface area contributed by atoms with Crippen LogP contribution in [0.25, 0.3) is 0 Å². The molecule has 1 atom stereocenters. The fraction of sp³-hybridized carbons (Fsp3) is 0.500. The molecule has 1 rings (SSSR count). The van der Waals surface area contributed by atoms with Gasteiger partial charge in [-0.2, -0.15) is 0 Å². The molecular formula is C14H21NO2. The van der Waals surface area contributed by atoms with Crippen LogP contribution in [0.1, 0.15) is 39.3 Å². The molecule has 1 N–H and O–H groups in total. The molecule has 3 heteroatoms. The Morgan fingerprint density at radius 3 is 2.18 bits per heavy atom. The quantitative estimate of drug-likeness (QED) is 0.874. The van der Waals surface area contributed by atoms with Gasteiger partial charge in [0, 0.05) is 5.41 Å². The molecule has 3 nitrogen and oxygen atoms in total. The van der Waals surface area contributed by atoms with Gasteiger partial charge in [0.15, 0.2) is 0 Å². The van der Waals surface area contributed by atoms with Crippen molar-refractivity contribution in [2.24, 2.45) is 5.41 Å². The van der Waals surface area contributed by atoms with E-state index in [1.807, 2.05) is 52.0 Å². The second-order valence-corrected chi connectivity index (χ2v) is 5.22. The van der Waals surface area contributed by atoms with Crippen molar-refractivity contribution < 1.29 is 9.53 Å². The van der Waals surface area contributed by atoms with Gasteiger partial charge in [0.1, 0.15) is 5.75 Å². The summed E-state index contributed by atoms with van der Waals surface area (Å²) in [5, 5.41) is 2.99. The SMILES string of the molecule is COc1ccc([C@@H](C)NC(=O)C(C)(C)C)cc1. The Morgan fingerprint density at radius 2 is 1.76 bits per heavy atom. The summed E-state index contributed by atoms with van der Waals surface area (Å²) < 4.78 is 5.10. The van der Waals surface area contributed by atoms with Gasteiger partial charge in [0.25, 0.3) is 0 Å². The second kappa shape index (κ2) is 5.21. The number of hydrogen-bond donors (Lipinski definition) is 1. The lowest BCUT2D eigenvalue weighted by Gasteiger charge is -2.22. The van der Waals surface area contributed by atoms with Crippen LogP contribution in [-0.2, 0) is 4.79 Å². The van der Waals surface area contributed by atoms with Crippen molar-refractivity contribution in [2.45, 2.75) is 33.7 Å². The molecule has 0 spiro atoms. The van der Waals surface area contributed by atoms with Gasteiger partial charge in [-0.15, -0.1) is 0 Å². The molecule has 1 aromatic rings. The summed E-state index contributed by atoms with van der Waals surface area (Å²) in [6.07, 6.45) is 0. The molecule has 1 aromatic carbocycles. The van der Waals surface area contributed by atoms with E-state index in [0.29, 0.717) is 0 Å². The summed E-state index contributed by atoms with van der Waals surface area (Å²) in [7, 11) is 1.64. The van der Waals surface area contributed by atoms with Gasteiger partial charge >= 0.3 is 0 Å². The highest BCUT2D eigenvalue weighted by atomic mass is 16.5. The van der Waals surface area contributed by atoms with Crippen molar-refractivity contribution in [3.8, 4) is 5.75 Å². The molecule has 0 aliphatic rings. The van der Waals surface area contributed by atoms with E-state index in [-0.39, 0.29) is 17.4 Å². The van der Waals surface area contributed by atoms with E-state index in [1.54, 1.807) is 7.11 Å². The number of nitrogens with one attached hydrogen (secondary N) is 1. The number of carbonyl (C=O) groups is 1. The van der Waals surface area contributed by atoms with Gasteiger partial charge in [0.2, 0.25) is 5.91 Å². The highest BCUT2D eigenvalue weighted by Crippen LogP contribution is 2.20. The van der Waals surface area contributed by atoms with E-state index in [2.05, 4.69) is 5.32 Å². The summed E-state index contributed by atoms with van der Waals surface area (Å²) in [5.41, 5.74) is 0.712. The van der Waals surface area contributed by atoms with E-state index in [1.165, 1.54) is 0 Å². The second-order valence-electron chi connectivity index (χ2n) is 5.22. The van der Waals surface area contributed by atoms with Crippen molar-refractivity contribution in [1.82, 2.24) is 5.32 Å². The van der Waals surface area contributed by atoms with Crippen molar-refractivity contribution in [2.75, 3.05) is 7.11 Å². The molecular weight excluding hydrogens is 214 g/mol. The third-order valence-electron chi connectivity index (χ3n) is 2.64. The third-order valence-corrected chi connectivity index (χ3v) is 2.64. The van der Waals surface area contributed by atoms with Gasteiger partial charge in [-0.05, 0) is 24.6 Å². The fourth-order valence-electron chi connectivity index (χ4n) is 1.39. The van der Waals surface area contributed by atoms with Crippen molar-refractivity contribution in [3.63, 3.8) is 0 Å². The number of carbonyl (C=O) groups excluding carboxylic acids is 1. The molecule has 0 heterocycles. The monoisotopic (exact) mass is 235 g/mol. The lowest BCUT2D eigenvalue weighted by molar-refractivity contribution is -0.129. The average molecular weight is 235 g/mol. The van der Waals surface area contributed by atoms with Crippen LogP contribution >= 0.6 is 0 Å². The Balaban J connectivity index is 2.70. The first-order valence-corrected chi connectivity index (χ1v) is 5.79. The standard InChI is InChI=1S/C14H21NO2/c1-10(15-13(16)14(2,3)4)11-6-8-12(17-5)9-7-11/h6-10H,1-5H3,(H,15,16)/t10-/m1/s1. The zero-order valence-corrected chi connectivity index (χ0v) is 11.2. The van der Waals surface area contributed by atoms with Crippen LogP contribution in [-0.4, -0.2) is 13.0 Å². The molecule has 0 saturated carbocycles. The molecule has 0 unspecified atom stereocenters. The smallest absolute Gasteiger partial charge is 0.225 e. The highest BCUT2D eigenvalue weighted by Gasteiger charge is 2.22. The molecule has 0 saturated heterocycles. The van der Waals surface area contributed by atoms with Crippen LogP contribution in [0.2, 0.25) is 0 Å². The Labute approximate surface area is 103 Å². The average Bonchev–Trinajstić information content (AvgIpc) is 2.27. The number of ether oxygens (including phenoxy) is 1. The summed E-state index contributed by atoms with van der Waals surface area (Å²) in [5.74, 6) is 0.879. The van der Waals surface area contributed by atoms with Gasteiger partial charge in [-0.1, -0.05) is 32.9 Å². The minimum Gasteiger partial charge on any atom is -0.497 e. The minimum absolute atomic E-state index is 0.00707. The Bertz CT molecular complexity index is 376. The maximum Gasteiger partial charge on any atom is 0.225 e. The normalized spacial score (nSPS) is 13.0. The van der Waals surface area contributed by atoms with Gasteiger partial charge in [-0.25, -0.2) is 0 Å². The predicted octanol–water partition coefficient (Wildman–Crippen LogP) is 2.92. The maximum atomic E-state index is 11.8. The van der Waals surface area contributed by atoms with E-state index < -0.39 is 0 Å². The first-order valence-electron chi connectivity index (χ1n) is 5.79. The number of benzene rings is 1. The van der Waals surface area contributed by atoms with Crippen molar-refractivity contribution in [3.05, 3.63) is 29.8 Å². The first-order chi connectivity index (χ1) is 7.84. The molecule has 0 bridgehead atoms. The summed E-state index contributed by atoms with van der Waals surface area (Å²) >= 11 is 0. The highest BCUT2D eigenvalue weighted by molar-refractivity contribution is 5.81. The summed E-state index contributed by atoms with van der Waals surface area (Å²) in [6.45, 7) is 7.70. The molecule has 0 aromatic heterocycles. The van der Waals surface area contributed by atoms with Crippen LogP contribution in [0, 0.1) is 5.41 Å². The Morgan fingerprint density at radius 1 is 1.24 bits per heavy atom. The summed E-state index contributed by atoms with van der Waals surface area (Å²) in [4.78, 5) is 11.8. The molecule has 0 fully saturated rings. The van der Waals surface area contributed by atoms with Gasteiger partial charge < -0.3 is 10.1 Å². The van der Waals surface area contributed by atoms with Crippen LogP contribution < -0.4 is 10.1 Å². The fourth-order valence-corrected chi connectivity index (χ4v) is 1.39. The number of methoxy groups -OCH3 is 1. The topological polar surface area (TPSA) is 38.3 Å². The lowest BCUT2D eigenvalue weighted by Crippen LogP contribution is -2.36. The lowest BCUT2D eigenvalue weighted by atomic mass is 9.94.